The molecule has 2 aliphatic rings. The fourth-order valence-corrected chi connectivity index (χ4v) is 2.87. The maximum absolute atomic E-state index is 13.4. The number of ether oxygens (including phenoxy) is 1. The second-order valence-electron chi connectivity index (χ2n) is 4.64. The summed E-state index contributed by atoms with van der Waals surface area (Å²) in [5, 5.41) is 3.33. The van der Waals surface area contributed by atoms with E-state index in [4.69, 9.17) is 4.74 Å². The van der Waals surface area contributed by atoms with Gasteiger partial charge in [-0.15, -0.1) is 0 Å². The summed E-state index contributed by atoms with van der Waals surface area (Å²) in [6.45, 7) is 2.67. The molecule has 3 heteroatoms. The lowest BCUT2D eigenvalue weighted by molar-refractivity contribution is -0.0804. The smallest absolute Gasteiger partial charge is 0.123 e. The lowest BCUT2D eigenvalue weighted by atomic mass is 9.80. The monoisotopic (exact) mass is 221 g/mol. The van der Waals surface area contributed by atoms with Crippen LogP contribution in [0.5, 0.6) is 0 Å². The SMILES string of the molecule is Fc1ccc2c(c1)C1(CCNCC1)OCC2. The van der Waals surface area contributed by atoms with Gasteiger partial charge in [-0.1, -0.05) is 6.07 Å². The van der Waals surface area contributed by atoms with Crippen LogP contribution in [0.1, 0.15) is 24.0 Å². The molecule has 0 atom stereocenters. The highest BCUT2D eigenvalue weighted by Gasteiger charge is 2.38. The molecule has 0 radical (unpaired) electrons. The van der Waals surface area contributed by atoms with Gasteiger partial charge in [-0.2, -0.15) is 0 Å². The van der Waals surface area contributed by atoms with E-state index in [0.717, 1.165) is 44.5 Å². The Labute approximate surface area is 94.8 Å². The van der Waals surface area contributed by atoms with Crippen LogP contribution in [0.4, 0.5) is 4.39 Å². The number of nitrogens with one attached hydrogen (secondary N) is 1. The van der Waals surface area contributed by atoms with Crippen LogP contribution in [-0.2, 0) is 16.8 Å². The summed E-state index contributed by atoms with van der Waals surface area (Å²) in [4.78, 5) is 0. The highest BCUT2D eigenvalue weighted by atomic mass is 19.1. The van der Waals surface area contributed by atoms with Gasteiger partial charge in [-0.3, -0.25) is 0 Å². The number of rotatable bonds is 0. The average Bonchev–Trinajstić information content (AvgIpc) is 2.32. The van der Waals surface area contributed by atoms with Gasteiger partial charge in [0.1, 0.15) is 5.82 Å². The Morgan fingerprint density at radius 3 is 2.88 bits per heavy atom. The summed E-state index contributed by atoms with van der Waals surface area (Å²) in [5.74, 6) is -0.151. The average molecular weight is 221 g/mol. The normalized spacial score (nSPS) is 23.1. The zero-order valence-electron chi connectivity index (χ0n) is 9.26. The molecular formula is C13H16FNO. The number of benzene rings is 1. The van der Waals surface area contributed by atoms with Gasteiger partial charge in [0.25, 0.3) is 0 Å². The highest BCUT2D eigenvalue weighted by molar-refractivity contribution is 5.35. The van der Waals surface area contributed by atoms with E-state index in [1.54, 1.807) is 12.1 Å². The van der Waals surface area contributed by atoms with E-state index in [1.165, 1.54) is 5.56 Å². The van der Waals surface area contributed by atoms with Gasteiger partial charge in [-0.25, -0.2) is 4.39 Å². The third kappa shape index (κ3) is 1.55. The van der Waals surface area contributed by atoms with Crippen LogP contribution >= 0.6 is 0 Å². The minimum absolute atomic E-state index is 0.151. The molecule has 3 rings (SSSR count). The van der Waals surface area contributed by atoms with Crippen molar-refractivity contribution in [3.8, 4) is 0 Å². The summed E-state index contributed by atoms with van der Waals surface area (Å²) in [6, 6.07) is 5.13. The van der Waals surface area contributed by atoms with Gasteiger partial charge >= 0.3 is 0 Å². The van der Waals surface area contributed by atoms with Crippen molar-refractivity contribution in [3.63, 3.8) is 0 Å². The Morgan fingerprint density at radius 2 is 2.06 bits per heavy atom. The zero-order valence-corrected chi connectivity index (χ0v) is 9.26. The Hall–Kier alpha value is -0.930. The molecule has 1 aromatic rings. The number of halogens is 1. The standard InChI is InChI=1S/C13H16FNO/c14-11-2-1-10-3-8-16-13(12(10)9-11)4-6-15-7-5-13/h1-2,9,15H,3-8H2. The van der Waals surface area contributed by atoms with Crippen LogP contribution in [0.2, 0.25) is 0 Å². The number of hydrogen-bond donors (Lipinski definition) is 1. The summed E-state index contributed by atoms with van der Waals surface area (Å²) >= 11 is 0. The van der Waals surface area contributed by atoms with E-state index in [0.29, 0.717) is 0 Å². The first-order valence-corrected chi connectivity index (χ1v) is 5.94. The maximum Gasteiger partial charge on any atom is 0.123 e. The first-order chi connectivity index (χ1) is 7.80. The van der Waals surface area contributed by atoms with Gasteiger partial charge in [0.05, 0.1) is 12.2 Å². The van der Waals surface area contributed by atoms with Crippen molar-refractivity contribution >= 4 is 0 Å². The molecule has 0 bridgehead atoms. The van der Waals surface area contributed by atoms with Gasteiger partial charge in [0.2, 0.25) is 0 Å². The van der Waals surface area contributed by atoms with Crippen molar-refractivity contribution in [2.24, 2.45) is 0 Å². The fraction of sp³-hybridized carbons (Fsp3) is 0.538. The second kappa shape index (κ2) is 3.82. The van der Waals surface area contributed by atoms with Crippen LogP contribution in [-0.4, -0.2) is 19.7 Å². The summed E-state index contributed by atoms with van der Waals surface area (Å²) in [5.41, 5.74) is 2.12. The van der Waals surface area contributed by atoms with Crippen LogP contribution < -0.4 is 5.32 Å². The Kier molecular flexibility index (Phi) is 2.45. The largest absolute Gasteiger partial charge is 0.370 e. The summed E-state index contributed by atoms with van der Waals surface area (Å²) < 4.78 is 19.3. The Balaban J connectivity index is 2.06. The first kappa shape index (κ1) is 10.2. The molecule has 1 fully saturated rings. The molecule has 2 nitrogen and oxygen atoms in total. The van der Waals surface area contributed by atoms with Crippen molar-refractivity contribution in [1.82, 2.24) is 5.32 Å². The van der Waals surface area contributed by atoms with Crippen LogP contribution in [0, 0.1) is 5.82 Å². The quantitative estimate of drug-likeness (QED) is 0.723. The topological polar surface area (TPSA) is 21.3 Å². The van der Waals surface area contributed by atoms with Crippen molar-refractivity contribution in [1.29, 1.82) is 0 Å². The maximum atomic E-state index is 13.4. The number of piperidine rings is 1. The van der Waals surface area contributed by atoms with E-state index in [9.17, 15) is 4.39 Å². The van der Waals surface area contributed by atoms with E-state index in [1.807, 2.05) is 6.07 Å². The minimum Gasteiger partial charge on any atom is -0.370 e. The fourth-order valence-electron chi connectivity index (χ4n) is 2.87. The molecule has 1 spiro atoms. The Bertz CT molecular complexity index is 399. The van der Waals surface area contributed by atoms with Gasteiger partial charge in [0, 0.05) is 0 Å². The van der Waals surface area contributed by atoms with E-state index in [-0.39, 0.29) is 11.4 Å². The predicted octanol–water partition coefficient (Wildman–Crippen LogP) is 1.98. The minimum atomic E-state index is -0.221. The van der Waals surface area contributed by atoms with Crippen molar-refractivity contribution in [3.05, 3.63) is 35.1 Å². The molecule has 0 aromatic heterocycles. The lowest BCUT2D eigenvalue weighted by Gasteiger charge is -2.42. The molecule has 1 aromatic carbocycles. The summed E-state index contributed by atoms with van der Waals surface area (Å²) in [7, 11) is 0. The molecule has 1 N–H and O–H groups in total. The van der Waals surface area contributed by atoms with Crippen LogP contribution in [0.3, 0.4) is 0 Å². The molecule has 0 amide bonds. The zero-order chi connectivity index (χ0) is 11.0. The molecule has 0 saturated carbocycles. The lowest BCUT2D eigenvalue weighted by Crippen LogP contribution is -2.44. The Morgan fingerprint density at radius 1 is 1.25 bits per heavy atom. The third-order valence-electron chi connectivity index (χ3n) is 3.72. The molecule has 2 heterocycles. The van der Waals surface area contributed by atoms with Gasteiger partial charge in [0.15, 0.2) is 0 Å². The molecule has 0 unspecified atom stereocenters. The van der Waals surface area contributed by atoms with Crippen molar-refractivity contribution < 1.29 is 9.13 Å². The van der Waals surface area contributed by atoms with Gasteiger partial charge < -0.3 is 10.1 Å². The molecule has 0 aliphatic carbocycles. The second-order valence-corrected chi connectivity index (χ2v) is 4.64. The van der Waals surface area contributed by atoms with Crippen molar-refractivity contribution in [2.75, 3.05) is 19.7 Å². The van der Waals surface area contributed by atoms with Gasteiger partial charge in [-0.05, 0) is 55.6 Å². The van der Waals surface area contributed by atoms with Crippen LogP contribution in [0.25, 0.3) is 0 Å². The molecule has 1 saturated heterocycles. The highest BCUT2D eigenvalue weighted by Crippen LogP contribution is 2.40. The molecular weight excluding hydrogens is 205 g/mol. The van der Waals surface area contributed by atoms with E-state index < -0.39 is 0 Å². The van der Waals surface area contributed by atoms with Crippen molar-refractivity contribution in [2.45, 2.75) is 24.9 Å². The third-order valence-corrected chi connectivity index (χ3v) is 3.72. The molecule has 16 heavy (non-hydrogen) atoms. The van der Waals surface area contributed by atoms with Crippen LogP contribution in [0.15, 0.2) is 18.2 Å². The number of hydrogen-bond acceptors (Lipinski definition) is 2. The van der Waals surface area contributed by atoms with E-state index >= 15 is 0 Å². The molecule has 2 aliphatic heterocycles. The number of fused-ring (bicyclic) bond motifs is 2. The van der Waals surface area contributed by atoms with E-state index in [2.05, 4.69) is 5.32 Å². The predicted molar refractivity (Wildman–Crippen MR) is 59.8 cm³/mol. The first-order valence-electron chi connectivity index (χ1n) is 5.94. The summed E-state index contributed by atoms with van der Waals surface area (Å²) in [6.07, 6.45) is 2.80. The molecule has 86 valence electrons.